The maximum absolute atomic E-state index is 12.5. The summed E-state index contributed by atoms with van der Waals surface area (Å²) in [7, 11) is 1.56. The van der Waals surface area contributed by atoms with Crippen LogP contribution in [0.1, 0.15) is 15.9 Å². The van der Waals surface area contributed by atoms with Gasteiger partial charge >= 0.3 is 0 Å². The molecule has 5 heteroatoms. The fraction of sp³-hybridized carbons (Fsp3) is 0.0588. The average Bonchev–Trinajstić information content (AvgIpc) is 2.55. The molecule has 0 amide bonds. The normalized spacial score (nSPS) is 10.6. The van der Waals surface area contributed by atoms with Gasteiger partial charge in [0, 0.05) is 27.1 Å². The Morgan fingerprint density at radius 2 is 1.86 bits per heavy atom. The molecule has 3 aromatic rings. The van der Waals surface area contributed by atoms with E-state index in [0.29, 0.717) is 22.2 Å². The number of pyridine rings is 1. The molecule has 0 spiro atoms. The molecule has 1 heterocycles. The lowest BCUT2D eigenvalue weighted by Gasteiger charge is -2.05. The molecular formula is C17H12BrNO3. The van der Waals surface area contributed by atoms with Gasteiger partial charge in [0.1, 0.15) is 5.75 Å². The van der Waals surface area contributed by atoms with E-state index < -0.39 is 0 Å². The van der Waals surface area contributed by atoms with Gasteiger partial charge in [-0.15, -0.1) is 0 Å². The van der Waals surface area contributed by atoms with Crippen molar-refractivity contribution >= 4 is 32.6 Å². The van der Waals surface area contributed by atoms with Gasteiger partial charge in [-0.25, -0.2) is 0 Å². The first-order chi connectivity index (χ1) is 10.6. The highest BCUT2D eigenvalue weighted by Crippen LogP contribution is 2.18. The van der Waals surface area contributed by atoms with Crippen molar-refractivity contribution in [3.8, 4) is 5.75 Å². The summed E-state index contributed by atoms with van der Waals surface area (Å²) in [6.45, 7) is 0. The van der Waals surface area contributed by atoms with Crippen LogP contribution in [0.25, 0.3) is 10.9 Å². The second-order valence-corrected chi connectivity index (χ2v) is 5.69. The average molecular weight is 358 g/mol. The highest BCUT2D eigenvalue weighted by Gasteiger charge is 2.15. The zero-order chi connectivity index (χ0) is 15.7. The van der Waals surface area contributed by atoms with E-state index in [9.17, 15) is 9.59 Å². The number of H-pyrrole nitrogens is 1. The Bertz CT molecular complexity index is 913. The summed E-state index contributed by atoms with van der Waals surface area (Å²) < 4.78 is 5.86. The molecule has 22 heavy (non-hydrogen) atoms. The Kier molecular flexibility index (Phi) is 3.81. The molecule has 0 saturated heterocycles. The van der Waals surface area contributed by atoms with E-state index in [2.05, 4.69) is 20.9 Å². The van der Waals surface area contributed by atoms with Crippen molar-refractivity contribution in [3.05, 3.63) is 74.5 Å². The maximum atomic E-state index is 12.5. The van der Waals surface area contributed by atoms with Crippen LogP contribution in [0.2, 0.25) is 0 Å². The highest BCUT2D eigenvalue weighted by atomic mass is 79.9. The number of nitrogens with one attached hydrogen (secondary N) is 1. The Morgan fingerprint density at radius 3 is 2.55 bits per heavy atom. The molecule has 0 radical (unpaired) electrons. The zero-order valence-corrected chi connectivity index (χ0v) is 13.3. The number of aromatic nitrogens is 1. The van der Waals surface area contributed by atoms with Crippen LogP contribution in [0.15, 0.2) is 57.9 Å². The largest absolute Gasteiger partial charge is 0.497 e. The standard InChI is InChI=1S/C17H12BrNO3/c1-22-12-5-2-10(3-6-12)16(20)14-9-19-15-7-4-11(18)8-13(15)17(14)21/h2-9H,1H3,(H,19,21). The number of rotatable bonds is 3. The van der Waals surface area contributed by atoms with E-state index in [-0.39, 0.29) is 16.8 Å². The van der Waals surface area contributed by atoms with E-state index in [1.54, 1.807) is 43.5 Å². The molecular weight excluding hydrogens is 346 g/mol. The van der Waals surface area contributed by atoms with Crippen molar-refractivity contribution in [3.63, 3.8) is 0 Å². The minimum Gasteiger partial charge on any atom is -0.497 e. The second kappa shape index (κ2) is 5.77. The molecule has 0 bridgehead atoms. The van der Waals surface area contributed by atoms with Gasteiger partial charge in [-0.1, -0.05) is 15.9 Å². The zero-order valence-electron chi connectivity index (χ0n) is 11.7. The molecule has 4 nitrogen and oxygen atoms in total. The Balaban J connectivity index is 2.10. The van der Waals surface area contributed by atoms with Gasteiger partial charge in [0.15, 0.2) is 5.78 Å². The van der Waals surface area contributed by atoms with Crippen LogP contribution < -0.4 is 10.2 Å². The van der Waals surface area contributed by atoms with Crippen molar-refractivity contribution < 1.29 is 9.53 Å². The van der Waals surface area contributed by atoms with Gasteiger partial charge < -0.3 is 9.72 Å². The van der Waals surface area contributed by atoms with Gasteiger partial charge in [0.05, 0.1) is 12.7 Å². The third-order valence-corrected chi connectivity index (χ3v) is 3.93. The molecule has 0 fully saturated rings. The lowest BCUT2D eigenvalue weighted by molar-refractivity contribution is 0.103. The van der Waals surface area contributed by atoms with Gasteiger partial charge in [0.25, 0.3) is 0 Å². The van der Waals surface area contributed by atoms with Crippen LogP contribution in [-0.2, 0) is 0 Å². The number of carbonyl (C=O) groups excluding carboxylic acids is 1. The number of hydrogen-bond donors (Lipinski definition) is 1. The summed E-state index contributed by atoms with van der Waals surface area (Å²) in [6.07, 6.45) is 1.46. The van der Waals surface area contributed by atoms with E-state index in [4.69, 9.17) is 4.74 Å². The van der Waals surface area contributed by atoms with E-state index >= 15 is 0 Å². The first-order valence-corrected chi connectivity index (χ1v) is 7.39. The third kappa shape index (κ3) is 2.55. The van der Waals surface area contributed by atoms with Crippen molar-refractivity contribution in [2.45, 2.75) is 0 Å². The van der Waals surface area contributed by atoms with Gasteiger partial charge in [-0.05, 0) is 42.5 Å². The SMILES string of the molecule is COc1ccc(C(=O)c2c[nH]c3ccc(Br)cc3c2=O)cc1. The van der Waals surface area contributed by atoms with Crippen LogP contribution in [0.5, 0.6) is 5.75 Å². The van der Waals surface area contributed by atoms with Gasteiger partial charge in [0.2, 0.25) is 5.43 Å². The number of ketones is 1. The molecule has 0 saturated carbocycles. The molecule has 0 aliphatic heterocycles. The fourth-order valence-corrected chi connectivity index (χ4v) is 2.62. The van der Waals surface area contributed by atoms with Crippen LogP contribution in [0.3, 0.4) is 0 Å². The second-order valence-electron chi connectivity index (χ2n) is 4.78. The first-order valence-electron chi connectivity index (χ1n) is 6.60. The van der Waals surface area contributed by atoms with Crippen molar-refractivity contribution in [1.82, 2.24) is 4.98 Å². The van der Waals surface area contributed by atoms with Gasteiger partial charge in [-0.3, -0.25) is 9.59 Å². The summed E-state index contributed by atoms with van der Waals surface area (Å²) in [5.74, 6) is 0.346. The first kappa shape index (κ1) is 14.5. The molecule has 0 unspecified atom stereocenters. The molecule has 1 aromatic heterocycles. The molecule has 110 valence electrons. The van der Waals surface area contributed by atoms with Crippen LogP contribution in [-0.4, -0.2) is 17.9 Å². The monoisotopic (exact) mass is 357 g/mol. The molecule has 0 aliphatic rings. The predicted octanol–water partition coefficient (Wildman–Crippen LogP) is 3.53. The van der Waals surface area contributed by atoms with Crippen LogP contribution in [0, 0.1) is 0 Å². The molecule has 0 aliphatic carbocycles. The number of benzene rings is 2. The van der Waals surface area contributed by atoms with Crippen molar-refractivity contribution in [2.24, 2.45) is 0 Å². The number of carbonyl (C=O) groups is 1. The fourth-order valence-electron chi connectivity index (χ4n) is 2.26. The summed E-state index contributed by atoms with van der Waals surface area (Å²) in [5.41, 5.74) is 0.978. The number of hydrogen-bond acceptors (Lipinski definition) is 3. The van der Waals surface area contributed by atoms with Gasteiger partial charge in [-0.2, -0.15) is 0 Å². The lowest BCUT2D eigenvalue weighted by atomic mass is 10.0. The summed E-state index contributed by atoms with van der Waals surface area (Å²) in [4.78, 5) is 28.0. The molecule has 0 atom stereocenters. The molecule has 2 aromatic carbocycles. The quantitative estimate of drug-likeness (QED) is 0.729. The van der Waals surface area contributed by atoms with Crippen LogP contribution in [0.4, 0.5) is 0 Å². The lowest BCUT2D eigenvalue weighted by Crippen LogP contribution is -2.16. The number of halogens is 1. The summed E-state index contributed by atoms with van der Waals surface area (Å²) >= 11 is 3.34. The number of fused-ring (bicyclic) bond motifs is 1. The minimum absolute atomic E-state index is 0.121. The van der Waals surface area contributed by atoms with Crippen LogP contribution >= 0.6 is 15.9 Å². The van der Waals surface area contributed by atoms with E-state index in [1.807, 2.05) is 6.07 Å². The van der Waals surface area contributed by atoms with Crippen molar-refractivity contribution in [1.29, 1.82) is 0 Å². The molecule has 3 rings (SSSR count). The number of methoxy groups -OCH3 is 1. The van der Waals surface area contributed by atoms with E-state index in [1.165, 1.54) is 6.20 Å². The topological polar surface area (TPSA) is 59.2 Å². The minimum atomic E-state index is -0.314. The summed E-state index contributed by atoms with van der Waals surface area (Å²) in [6, 6.07) is 12.0. The number of ether oxygens (including phenoxy) is 1. The molecule has 1 N–H and O–H groups in total. The summed E-state index contributed by atoms with van der Waals surface area (Å²) in [5, 5.41) is 0.480. The highest BCUT2D eigenvalue weighted by molar-refractivity contribution is 9.10. The maximum Gasteiger partial charge on any atom is 0.200 e. The predicted molar refractivity (Wildman–Crippen MR) is 88.7 cm³/mol. The Morgan fingerprint density at radius 1 is 1.14 bits per heavy atom. The Labute approximate surface area is 134 Å². The number of aromatic amines is 1. The smallest absolute Gasteiger partial charge is 0.200 e. The Hall–Kier alpha value is -2.40. The van der Waals surface area contributed by atoms with Crippen molar-refractivity contribution in [2.75, 3.05) is 7.11 Å². The third-order valence-electron chi connectivity index (χ3n) is 3.44. The van der Waals surface area contributed by atoms with E-state index in [0.717, 1.165) is 4.47 Å².